The van der Waals surface area contributed by atoms with E-state index in [1.54, 1.807) is 23.3 Å². The highest BCUT2D eigenvalue weighted by molar-refractivity contribution is 5.98. The predicted molar refractivity (Wildman–Crippen MR) is 60.2 cm³/mol. The molecule has 0 aliphatic heterocycles. The molecule has 16 heavy (non-hydrogen) atoms. The number of anilines is 1. The summed E-state index contributed by atoms with van der Waals surface area (Å²) in [6.45, 7) is 3.39. The molecule has 0 radical (unpaired) electrons. The molecule has 1 amide bonds. The minimum atomic E-state index is -0.235. The average molecular weight is 214 g/mol. The molecule has 5 nitrogen and oxygen atoms in total. The molecule has 0 aliphatic rings. The third-order valence-electron chi connectivity index (χ3n) is 2.02. The normalized spacial score (nSPS) is 9.75. The molecule has 0 atom stereocenters. The largest absolute Gasteiger partial charge is 0.322 e. The summed E-state index contributed by atoms with van der Waals surface area (Å²) in [5, 5.41) is 10.1. The number of carbonyl (C=O) groups is 1. The summed E-state index contributed by atoms with van der Waals surface area (Å²) in [4.78, 5) is 11.1. The second-order valence-electron chi connectivity index (χ2n) is 3.11. The van der Waals surface area contributed by atoms with Crippen molar-refractivity contribution in [3.05, 3.63) is 49.6 Å². The van der Waals surface area contributed by atoms with E-state index in [1.165, 1.54) is 6.08 Å². The Bertz CT molecular complexity index is 504. The Kier molecular flexibility index (Phi) is 2.77. The molecule has 0 fully saturated rings. The highest BCUT2D eigenvalue weighted by atomic mass is 16.1. The maximum atomic E-state index is 11.1. The lowest BCUT2D eigenvalue weighted by Crippen LogP contribution is -2.07. The summed E-state index contributed by atoms with van der Waals surface area (Å²) in [7, 11) is 0. The summed E-state index contributed by atoms with van der Waals surface area (Å²) in [5.41, 5.74) is 1.59. The Labute approximate surface area is 92.4 Å². The van der Waals surface area contributed by atoms with Gasteiger partial charge in [0.05, 0.1) is 5.69 Å². The quantitative estimate of drug-likeness (QED) is 0.785. The molecular formula is C11H10N4O. The van der Waals surface area contributed by atoms with Crippen molar-refractivity contribution < 1.29 is 4.79 Å². The molecule has 80 valence electrons. The van der Waals surface area contributed by atoms with Crippen LogP contribution in [0.25, 0.3) is 5.69 Å². The van der Waals surface area contributed by atoms with Crippen molar-refractivity contribution in [2.75, 3.05) is 5.32 Å². The van der Waals surface area contributed by atoms with Crippen LogP contribution in [0.2, 0.25) is 0 Å². The first-order chi connectivity index (χ1) is 7.79. The summed E-state index contributed by atoms with van der Waals surface area (Å²) >= 11 is 0. The van der Waals surface area contributed by atoms with E-state index < -0.39 is 0 Å². The van der Waals surface area contributed by atoms with Crippen LogP contribution in [0.3, 0.4) is 0 Å². The molecule has 2 rings (SSSR count). The van der Waals surface area contributed by atoms with E-state index in [-0.39, 0.29) is 5.91 Å². The van der Waals surface area contributed by atoms with Gasteiger partial charge in [-0.3, -0.25) is 9.36 Å². The minimum Gasteiger partial charge on any atom is -0.322 e. The van der Waals surface area contributed by atoms with E-state index in [9.17, 15) is 4.79 Å². The molecule has 0 spiro atoms. The fourth-order valence-electron chi connectivity index (χ4n) is 1.27. The Morgan fingerprint density at radius 3 is 2.81 bits per heavy atom. The molecule has 1 aromatic carbocycles. The molecule has 2 aromatic rings. The first-order valence-electron chi connectivity index (χ1n) is 4.68. The zero-order valence-corrected chi connectivity index (χ0v) is 8.50. The predicted octanol–water partition coefficient (Wildman–Crippen LogP) is 1.39. The summed E-state index contributed by atoms with van der Waals surface area (Å²) in [6.07, 6.45) is 4.41. The van der Waals surface area contributed by atoms with Crippen LogP contribution in [0, 0.1) is 0 Å². The van der Waals surface area contributed by atoms with Crippen molar-refractivity contribution >= 4 is 11.6 Å². The lowest BCUT2D eigenvalue weighted by atomic mass is 10.2. The Morgan fingerprint density at radius 2 is 2.12 bits per heavy atom. The van der Waals surface area contributed by atoms with Gasteiger partial charge in [-0.2, -0.15) is 0 Å². The second-order valence-corrected chi connectivity index (χ2v) is 3.11. The van der Waals surface area contributed by atoms with Gasteiger partial charge in [-0.1, -0.05) is 12.6 Å². The molecule has 0 unspecified atom stereocenters. The zero-order chi connectivity index (χ0) is 11.4. The second kappa shape index (κ2) is 4.39. The number of nitrogens with one attached hydrogen (secondary N) is 1. The Morgan fingerprint density at radius 1 is 1.38 bits per heavy atom. The van der Waals surface area contributed by atoms with Gasteiger partial charge in [0.2, 0.25) is 5.91 Å². The van der Waals surface area contributed by atoms with Gasteiger partial charge < -0.3 is 5.32 Å². The standard InChI is InChI=1S/C11H10N4O/c1-2-11(16)14-9-4-3-5-10(6-9)15-7-12-13-8-15/h2-8H,1H2,(H,14,16). The molecule has 0 aliphatic carbocycles. The SMILES string of the molecule is C=CC(=O)Nc1cccc(-n2cnnc2)c1. The van der Waals surface area contributed by atoms with Gasteiger partial charge in [0.15, 0.2) is 0 Å². The van der Waals surface area contributed by atoms with E-state index in [4.69, 9.17) is 0 Å². The number of nitrogens with zero attached hydrogens (tertiary/aromatic N) is 3. The Balaban J connectivity index is 2.26. The number of aromatic nitrogens is 3. The fourth-order valence-corrected chi connectivity index (χ4v) is 1.27. The average Bonchev–Trinajstić information content (AvgIpc) is 2.83. The number of hydrogen-bond acceptors (Lipinski definition) is 3. The number of benzene rings is 1. The molecule has 0 saturated carbocycles. The van der Waals surface area contributed by atoms with Crippen LogP contribution in [-0.2, 0) is 4.79 Å². The van der Waals surface area contributed by atoms with Gasteiger partial charge in [0.25, 0.3) is 0 Å². The molecule has 1 aromatic heterocycles. The van der Waals surface area contributed by atoms with Crippen LogP contribution in [0.15, 0.2) is 49.6 Å². The van der Waals surface area contributed by atoms with Crippen molar-refractivity contribution in [2.24, 2.45) is 0 Å². The molecule has 0 bridgehead atoms. The highest BCUT2D eigenvalue weighted by Crippen LogP contribution is 2.13. The van der Waals surface area contributed by atoms with Gasteiger partial charge in [-0.25, -0.2) is 0 Å². The van der Waals surface area contributed by atoms with Gasteiger partial charge in [-0.05, 0) is 24.3 Å². The van der Waals surface area contributed by atoms with E-state index in [2.05, 4.69) is 22.1 Å². The van der Waals surface area contributed by atoms with Gasteiger partial charge >= 0.3 is 0 Å². The van der Waals surface area contributed by atoms with Crippen molar-refractivity contribution in [3.8, 4) is 5.69 Å². The molecule has 5 heteroatoms. The van der Waals surface area contributed by atoms with Crippen LogP contribution in [-0.4, -0.2) is 20.7 Å². The monoisotopic (exact) mass is 214 g/mol. The maximum absolute atomic E-state index is 11.1. The van der Waals surface area contributed by atoms with E-state index >= 15 is 0 Å². The van der Waals surface area contributed by atoms with Crippen LogP contribution in [0.1, 0.15) is 0 Å². The zero-order valence-electron chi connectivity index (χ0n) is 8.50. The van der Waals surface area contributed by atoms with Gasteiger partial charge in [0.1, 0.15) is 12.7 Å². The number of rotatable bonds is 3. The van der Waals surface area contributed by atoms with E-state index in [1.807, 2.05) is 18.2 Å². The van der Waals surface area contributed by atoms with Crippen LogP contribution >= 0.6 is 0 Å². The van der Waals surface area contributed by atoms with Crippen molar-refractivity contribution in [1.82, 2.24) is 14.8 Å². The summed E-state index contributed by atoms with van der Waals surface area (Å²) in [5.74, 6) is -0.235. The maximum Gasteiger partial charge on any atom is 0.247 e. The Hall–Kier alpha value is -2.43. The highest BCUT2D eigenvalue weighted by Gasteiger charge is 2.00. The lowest BCUT2D eigenvalue weighted by molar-refractivity contribution is -0.111. The van der Waals surface area contributed by atoms with Crippen molar-refractivity contribution in [1.29, 1.82) is 0 Å². The third-order valence-corrected chi connectivity index (χ3v) is 2.02. The van der Waals surface area contributed by atoms with Crippen LogP contribution in [0.5, 0.6) is 0 Å². The third kappa shape index (κ3) is 2.14. The number of carbonyl (C=O) groups excluding carboxylic acids is 1. The number of amides is 1. The van der Waals surface area contributed by atoms with Crippen LogP contribution < -0.4 is 5.32 Å². The molecule has 0 saturated heterocycles. The lowest BCUT2D eigenvalue weighted by Gasteiger charge is -2.05. The smallest absolute Gasteiger partial charge is 0.247 e. The topological polar surface area (TPSA) is 59.8 Å². The first-order valence-corrected chi connectivity index (χ1v) is 4.68. The summed E-state index contributed by atoms with van der Waals surface area (Å²) in [6, 6.07) is 7.36. The summed E-state index contributed by atoms with van der Waals surface area (Å²) < 4.78 is 1.75. The molecule has 1 N–H and O–H groups in total. The van der Waals surface area contributed by atoms with Gasteiger partial charge in [0, 0.05) is 5.69 Å². The van der Waals surface area contributed by atoms with E-state index in [0.717, 1.165) is 5.69 Å². The first kappa shape index (κ1) is 10.1. The van der Waals surface area contributed by atoms with Gasteiger partial charge in [-0.15, -0.1) is 10.2 Å². The van der Waals surface area contributed by atoms with E-state index in [0.29, 0.717) is 5.69 Å². The molecular weight excluding hydrogens is 204 g/mol. The van der Waals surface area contributed by atoms with Crippen LogP contribution in [0.4, 0.5) is 5.69 Å². The number of hydrogen-bond donors (Lipinski definition) is 1. The molecule has 1 heterocycles. The minimum absolute atomic E-state index is 0.235. The van der Waals surface area contributed by atoms with Crippen molar-refractivity contribution in [2.45, 2.75) is 0 Å². The fraction of sp³-hybridized carbons (Fsp3) is 0. The van der Waals surface area contributed by atoms with Crippen molar-refractivity contribution in [3.63, 3.8) is 0 Å².